The average Bonchev–Trinajstić information content (AvgIpc) is 2.83. The lowest BCUT2D eigenvalue weighted by atomic mass is 10.0. The first kappa shape index (κ1) is 26.3. The standard InChI is InChI=1S/C24H20Cl2N4O7/c1-12(27-8-7-15-16(23(27)32)3-5-19(25)21(15)29(34)35)9-14-10-18-17(24(33)28(14)13(2)11-31)4-6-20(26)22(18)30(36)37/h3-8,10,12-13,31H,9,11H2,1-2H3/t12-,13-/m1/s1. The predicted octanol–water partition coefficient (Wildman–Crippen LogP) is 4.80. The third-order valence-electron chi connectivity index (χ3n) is 6.32. The maximum Gasteiger partial charge on any atom is 0.295 e. The fraction of sp³-hybridized carbons (Fsp3) is 0.250. The average molecular weight is 547 g/mol. The highest BCUT2D eigenvalue weighted by atomic mass is 35.5. The van der Waals surface area contributed by atoms with Crippen molar-refractivity contribution in [2.24, 2.45) is 0 Å². The van der Waals surface area contributed by atoms with E-state index in [0.717, 1.165) is 0 Å². The Morgan fingerprint density at radius 2 is 1.38 bits per heavy atom. The molecule has 2 heterocycles. The number of fused-ring (bicyclic) bond motifs is 2. The number of hydrogen-bond donors (Lipinski definition) is 1. The normalized spacial score (nSPS) is 13.1. The minimum Gasteiger partial charge on any atom is -0.394 e. The molecule has 0 unspecified atom stereocenters. The van der Waals surface area contributed by atoms with Gasteiger partial charge in [0.15, 0.2) is 0 Å². The van der Waals surface area contributed by atoms with Crippen molar-refractivity contribution in [3.05, 3.63) is 99.3 Å². The number of aromatic nitrogens is 2. The third kappa shape index (κ3) is 4.45. The second-order valence-corrected chi connectivity index (χ2v) is 9.47. The number of hydrogen-bond acceptors (Lipinski definition) is 7. The van der Waals surface area contributed by atoms with Crippen LogP contribution in [-0.2, 0) is 6.42 Å². The number of halogens is 2. The molecule has 0 radical (unpaired) electrons. The zero-order chi connectivity index (χ0) is 27.2. The molecule has 0 aliphatic heterocycles. The Hall–Kier alpha value is -3.80. The van der Waals surface area contributed by atoms with Crippen LogP contribution < -0.4 is 11.1 Å². The summed E-state index contributed by atoms with van der Waals surface area (Å²) in [7, 11) is 0. The quantitative estimate of drug-likeness (QED) is 0.258. The molecule has 0 amide bonds. The highest BCUT2D eigenvalue weighted by molar-refractivity contribution is 6.34. The fourth-order valence-electron chi connectivity index (χ4n) is 4.55. The summed E-state index contributed by atoms with van der Waals surface area (Å²) in [6, 6.07) is 7.01. The lowest BCUT2D eigenvalue weighted by Gasteiger charge is -2.23. The fourth-order valence-corrected chi connectivity index (χ4v) is 5.02. The van der Waals surface area contributed by atoms with Crippen molar-refractivity contribution in [2.45, 2.75) is 32.4 Å². The molecular weight excluding hydrogens is 527 g/mol. The van der Waals surface area contributed by atoms with Crippen molar-refractivity contribution in [2.75, 3.05) is 6.61 Å². The largest absolute Gasteiger partial charge is 0.394 e. The number of aliphatic hydroxyl groups excluding tert-OH is 1. The van der Waals surface area contributed by atoms with Crippen molar-refractivity contribution in [1.82, 2.24) is 9.13 Å². The van der Waals surface area contributed by atoms with E-state index in [2.05, 4.69) is 0 Å². The van der Waals surface area contributed by atoms with Crippen LogP contribution in [0.3, 0.4) is 0 Å². The number of nitro benzene ring substituents is 2. The van der Waals surface area contributed by atoms with E-state index in [9.17, 15) is 34.9 Å². The molecule has 0 spiro atoms. The van der Waals surface area contributed by atoms with Gasteiger partial charge in [-0.15, -0.1) is 0 Å². The van der Waals surface area contributed by atoms with Crippen LogP contribution in [0, 0.1) is 20.2 Å². The predicted molar refractivity (Wildman–Crippen MR) is 140 cm³/mol. The van der Waals surface area contributed by atoms with E-state index < -0.39 is 38.7 Å². The Morgan fingerprint density at radius 1 is 0.838 bits per heavy atom. The molecule has 11 nitrogen and oxygen atoms in total. The zero-order valence-electron chi connectivity index (χ0n) is 19.6. The van der Waals surface area contributed by atoms with E-state index in [4.69, 9.17) is 23.2 Å². The van der Waals surface area contributed by atoms with Crippen LogP contribution in [0.15, 0.2) is 52.2 Å². The monoisotopic (exact) mass is 546 g/mol. The summed E-state index contributed by atoms with van der Waals surface area (Å²) in [5.41, 5.74) is -1.51. The Kier molecular flexibility index (Phi) is 7.05. The molecule has 2 aromatic heterocycles. The van der Waals surface area contributed by atoms with Crippen LogP contribution in [0.25, 0.3) is 21.5 Å². The molecule has 0 aliphatic carbocycles. The Bertz CT molecular complexity index is 1710. The molecule has 0 fully saturated rings. The minimum atomic E-state index is -0.664. The van der Waals surface area contributed by atoms with Gasteiger partial charge in [-0.3, -0.25) is 29.8 Å². The van der Waals surface area contributed by atoms with Crippen molar-refractivity contribution in [3.63, 3.8) is 0 Å². The van der Waals surface area contributed by atoms with Gasteiger partial charge in [0.1, 0.15) is 10.0 Å². The van der Waals surface area contributed by atoms with Crippen molar-refractivity contribution in [3.8, 4) is 0 Å². The topological polar surface area (TPSA) is 151 Å². The van der Waals surface area contributed by atoms with Gasteiger partial charge in [-0.1, -0.05) is 23.2 Å². The Balaban J connectivity index is 1.91. The molecule has 13 heteroatoms. The van der Waals surface area contributed by atoms with Gasteiger partial charge in [0.25, 0.3) is 22.5 Å². The number of pyridine rings is 2. The summed E-state index contributed by atoms with van der Waals surface area (Å²) < 4.78 is 2.70. The number of nitrogens with zero attached hydrogens (tertiary/aromatic N) is 4. The van der Waals surface area contributed by atoms with Crippen molar-refractivity contribution >= 4 is 56.1 Å². The van der Waals surface area contributed by atoms with Gasteiger partial charge >= 0.3 is 0 Å². The van der Waals surface area contributed by atoms with Gasteiger partial charge in [-0.2, -0.15) is 0 Å². The zero-order valence-corrected chi connectivity index (χ0v) is 21.1. The first-order valence-corrected chi connectivity index (χ1v) is 11.8. The van der Waals surface area contributed by atoms with Gasteiger partial charge in [0.2, 0.25) is 0 Å². The minimum absolute atomic E-state index is 0.0437. The number of nitro groups is 2. The van der Waals surface area contributed by atoms with Gasteiger partial charge in [-0.05, 0) is 50.2 Å². The molecule has 4 aromatic rings. The molecule has 0 aliphatic rings. The lowest BCUT2D eigenvalue weighted by Crippen LogP contribution is -2.31. The Labute approximate surface area is 218 Å². The van der Waals surface area contributed by atoms with Crippen LogP contribution in [-0.4, -0.2) is 30.7 Å². The van der Waals surface area contributed by atoms with Crippen LogP contribution in [0.2, 0.25) is 10.0 Å². The Morgan fingerprint density at radius 3 is 1.92 bits per heavy atom. The molecular formula is C24H20Cl2N4O7. The van der Waals surface area contributed by atoms with E-state index in [1.54, 1.807) is 13.8 Å². The van der Waals surface area contributed by atoms with E-state index >= 15 is 0 Å². The first-order chi connectivity index (χ1) is 17.5. The molecule has 1 N–H and O–H groups in total. The molecule has 2 aromatic carbocycles. The van der Waals surface area contributed by atoms with Gasteiger partial charge in [-0.25, -0.2) is 0 Å². The molecule has 0 bridgehead atoms. The van der Waals surface area contributed by atoms with Crippen LogP contribution >= 0.6 is 23.2 Å². The molecule has 0 saturated heterocycles. The number of aliphatic hydroxyl groups is 1. The summed E-state index contributed by atoms with van der Waals surface area (Å²) in [4.78, 5) is 48.5. The summed E-state index contributed by atoms with van der Waals surface area (Å²) in [5, 5.41) is 33.1. The summed E-state index contributed by atoms with van der Waals surface area (Å²) in [5.74, 6) is 0. The van der Waals surface area contributed by atoms with Gasteiger partial charge < -0.3 is 14.2 Å². The molecule has 0 saturated carbocycles. The number of benzene rings is 2. The van der Waals surface area contributed by atoms with Crippen molar-refractivity contribution < 1.29 is 15.0 Å². The molecule has 4 rings (SSSR count). The molecule has 37 heavy (non-hydrogen) atoms. The van der Waals surface area contributed by atoms with Gasteiger partial charge in [0.05, 0.1) is 44.0 Å². The highest BCUT2D eigenvalue weighted by Crippen LogP contribution is 2.34. The van der Waals surface area contributed by atoms with Gasteiger partial charge in [0, 0.05) is 24.4 Å². The highest BCUT2D eigenvalue weighted by Gasteiger charge is 2.25. The van der Waals surface area contributed by atoms with Crippen LogP contribution in [0.1, 0.15) is 31.6 Å². The first-order valence-electron chi connectivity index (χ1n) is 11.1. The maximum atomic E-state index is 13.4. The van der Waals surface area contributed by atoms with E-state index in [1.165, 1.54) is 51.7 Å². The maximum absolute atomic E-state index is 13.4. The summed E-state index contributed by atoms with van der Waals surface area (Å²) in [6.45, 7) is 2.95. The van der Waals surface area contributed by atoms with E-state index in [0.29, 0.717) is 5.69 Å². The second-order valence-electron chi connectivity index (χ2n) is 8.65. The SMILES string of the molecule is C[C@H](Cc1cc2c([N+](=O)[O-])c(Cl)ccc2c(=O)n1[C@H](C)CO)n1ccc2c([N+](=O)[O-])c(Cl)ccc2c1=O. The molecule has 2 atom stereocenters. The number of rotatable bonds is 7. The second kappa shape index (κ2) is 9.92. The summed E-state index contributed by atoms with van der Waals surface area (Å²) >= 11 is 12.0. The van der Waals surface area contributed by atoms with Crippen LogP contribution in [0.4, 0.5) is 11.4 Å². The van der Waals surface area contributed by atoms with Crippen molar-refractivity contribution in [1.29, 1.82) is 0 Å². The lowest BCUT2D eigenvalue weighted by molar-refractivity contribution is -0.383. The smallest absolute Gasteiger partial charge is 0.295 e. The van der Waals surface area contributed by atoms with E-state index in [1.807, 2.05) is 0 Å². The van der Waals surface area contributed by atoms with Crippen LogP contribution in [0.5, 0.6) is 0 Å². The summed E-state index contributed by atoms with van der Waals surface area (Å²) in [6.07, 6.45) is 1.47. The molecule has 192 valence electrons. The van der Waals surface area contributed by atoms with E-state index in [-0.39, 0.29) is 50.3 Å². The third-order valence-corrected chi connectivity index (χ3v) is 6.93.